The number of rotatable bonds is 4. The zero-order valence-electron chi connectivity index (χ0n) is 11.4. The number of halogens is 1. The molecule has 108 valence electrons. The lowest BCUT2D eigenvalue weighted by Gasteiger charge is -2.19. The third-order valence-electron chi connectivity index (χ3n) is 3.88. The van der Waals surface area contributed by atoms with Gasteiger partial charge in [0.05, 0.1) is 22.7 Å². The Kier molecular flexibility index (Phi) is 3.81. The number of aromatic nitrogens is 1. The summed E-state index contributed by atoms with van der Waals surface area (Å²) >= 11 is 6.05. The van der Waals surface area contributed by atoms with Gasteiger partial charge in [0.2, 0.25) is 0 Å². The first-order valence-corrected chi connectivity index (χ1v) is 7.32. The van der Waals surface area contributed by atoms with E-state index in [-0.39, 0.29) is 18.1 Å². The Balaban J connectivity index is 1.68. The molecule has 6 heteroatoms. The van der Waals surface area contributed by atoms with Crippen LogP contribution in [-0.2, 0) is 4.74 Å². The van der Waals surface area contributed by atoms with Crippen molar-refractivity contribution < 1.29 is 9.53 Å². The second-order valence-electron chi connectivity index (χ2n) is 5.35. The van der Waals surface area contributed by atoms with Crippen molar-refractivity contribution in [2.45, 2.75) is 31.4 Å². The van der Waals surface area contributed by atoms with E-state index in [9.17, 15) is 4.79 Å². The molecule has 1 aromatic rings. The van der Waals surface area contributed by atoms with Crippen molar-refractivity contribution in [1.29, 1.82) is 0 Å². The van der Waals surface area contributed by atoms with Gasteiger partial charge in [0.25, 0.3) is 5.91 Å². The molecule has 2 unspecified atom stereocenters. The molecule has 2 heterocycles. The highest BCUT2D eigenvalue weighted by Gasteiger charge is 2.41. The Morgan fingerprint density at radius 3 is 2.90 bits per heavy atom. The average molecular weight is 296 g/mol. The summed E-state index contributed by atoms with van der Waals surface area (Å²) in [6, 6.07) is 1.75. The lowest BCUT2D eigenvalue weighted by Crippen LogP contribution is -2.41. The van der Waals surface area contributed by atoms with Crippen LogP contribution < -0.4 is 10.6 Å². The van der Waals surface area contributed by atoms with Crippen LogP contribution in [0.4, 0.5) is 5.82 Å². The third kappa shape index (κ3) is 2.74. The summed E-state index contributed by atoms with van der Waals surface area (Å²) in [5, 5.41) is 6.36. The Morgan fingerprint density at radius 2 is 2.25 bits per heavy atom. The van der Waals surface area contributed by atoms with Crippen molar-refractivity contribution in [3.05, 3.63) is 22.8 Å². The van der Waals surface area contributed by atoms with Crippen LogP contribution in [0.15, 0.2) is 12.3 Å². The molecule has 5 nitrogen and oxygen atoms in total. The van der Waals surface area contributed by atoms with Crippen LogP contribution >= 0.6 is 11.6 Å². The number of nitrogens with one attached hydrogen (secondary N) is 2. The number of carbonyl (C=O) groups excluding carboxylic acids is 1. The molecule has 2 atom stereocenters. The summed E-state index contributed by atoms with van der Waals surface area (Å²) in [7, 11) is 1.74. The Labute approximate surface area is 123 Å². The minimum Gasteiger partial charge on any atom is -0.376 e. The molecule has 2 fully saturated rings. The zero-order valence-corrected chi connectivity index (χ0v) is 12.1. The number of hydrogen-bond donors (Lipinski definition) is 2. The van der Waals surface area contributed by atoms with Crippen molar-refractivity contribution in [2.24, 2.45) is 5.92 Å². The van der Waals surface area contributed by atoms with E-state index < -0.39 is 0 Å². The molecule has 1 aliphatic carbocycles. The van der Waals surface area contributed by atoms with Gasteiger partial charge in [0, 0.05) is 19.9 Å². The molecule has 1 saturated heterocycles. The highest BCUT2D eigenvalue weighted by atomic mass is 35.5. The first kappa shape index (κ1) is 13.6. The molecule has 0 radical (unpaired) electrons. The molecule has 1 amide bonds. The second kappa shape index (κ2) is 5.58. The van der Waals surface area contributed by atoms with Gasteiger partial charge in [-0.2, -0.15) is 0 Å². The van der Waals surface area contributed by atoms with Gasteiger partial charge in [-0.1, -0.05) is 11.6 Å². The maximum atomic E-state index is 12.3. The van der Waals surface area contributed by atoms with E-state index >= 15 is 0 Å². The van der Waals surface area contributed by atoms with E-state index in [0.717, 1.165) is 13.0 Å². The van der Waals surface area contributed by atoms with Crippen LogP contribution in [0.5, 0.6) is 0 Å². The Morgan fingerprint density at radius 1 is 1.45 bits per heavy atom. The van der Waals surface area contributed by atoms with E-state index in [2.05, 4.69) is 15.6 Å². The van der Waals surface area contributed by atoms with Gasteiger partial charge in [-0.3, -0.25) is 4.79 Å². The van der Waals surface area contributed by atoms with Crippen LogP contribution in [-0.4, -0.2) is 36.7 Å². The second-order valence-corrected chi connectivity index (χ2v) is 5.75. The Bertz CT molecular complexity index is 519. The minimum atomic E-state index is -0.136. The maximum absolute atomic E-state index is 12.3. The highest BCUT2D eigenvalue weighted by Crippen LogP contribution is 2.38. The van der Waals surface area contributed by atoms with Crippen molar-refractivity contribution >= 4 is 23.3 Å². The molecule has 2 aliphatic rings. The molecule has 1 saturated carbocycles. The zero-order chi connectivity index (χ0) is 14.1. The number of ether oxygens (including phenoxy) is 1. The molecular weight excluding hydrogens is 278 g/mol. The summed E-state index contributed by atoms with van der Waals surface area (Å²) in [5.41, 5.74) is 0.482. The molecule has 20 heavy (non-hydrogen) atoms. The normalized spacial score (nSPS) is 25.5. The van der Waals surface area contributed by atoms with E-state index in [1.807, 2.05) is 0 Å². The molecule has 1 aromatic heterocycles. The summed E-state index contributed by atoms with van der Waals surface area (Å²) < 4.78 is 5.72. The molecule has 2 N–H and O–H groups in total. The standard InChI is InChI=1S/C14H18ClN3O2/c1-16-13-10(15)6-9(7-17-13)14(19)18-11-4-5-20-12(11)8-2-3-8/h6-8,11-12H,2-5H2,1H3,(H,16,17)(H,18,19). The predicted molar refractivity (Wildman–Crippen MR) is 77.1 cm³/mol. The summed E-state index contributed by atoms with van der Waals surface area (Å²) in [5.74, 6) is 1.06. The van der Waals surface area contributed by atoms with Gasteiger partial charge in [-0.25, -0.2) is 4.98 Å². The fraction of sp³-hybridized carbons (Fsp3) is 0.571. The summed E-state index contributed by atoms with van der Waals surface area (Å²) in [6.07, 6.45) is 5.01. The van der Waals surface area contributed by atoms with Gasteiger partial charge in [-0.15, -0.1) is 0 Å². The third-order valence-corrected chi connectivity index (χ3v) is 4.17. The van der Waals surface area contributed by atoms with E-state index in [1.165, 1.54) is 19.0 Å². The van der Waals surface area contributed by atoms with Gasteiger partial charge >= 0.3 is 0 Å². The molecule has 0 aromatic carbocycles. The van der Waals surface area contributed by atoms with Gasteiger partial charge in [-0.05, 0) is 31.2 Å². The van der Waals surface area contributed by atoms with Crippen molar-refractivity contribution in [2.75, 3.05) is 19.0 Å². The summed E-state index contributed by atoms with van der Waals surface area (Å²) in [6.45, 7) is 0.726. The molecule has 0 spiro atoms. The van der Waals surface area contributed by atoms with Crippen LogP contribution in [0, 0.1) is 5.92 Å². The van der Waals surface area contributed by atoms with E-state index in [4.69, 9.17) is 16.3 Å². The maximum Gasteiger partial charge on any atom is 0.253 e. The monoisotopic (exact) mass is 295 g/mol. The number of amides is 1. The number of pyridine rings is 1. The van der Waals surface area contributed by atoms with Gasteiger partial charge < -0.3 is 15.4 Å². The molecule has 0 bridgehead atoms. The SMILES string of the molecule is CNc1ncc(C(=O)NC2CCOC2C2CC2)cc1Cl. The van der Waals surface area contributed by atoms with Crippen LogP contribution in [0.3, 0.4) is 0 Å². The van der Waals surface area contributed by atoms with E-state index in [0.29, 0.717) is 22.3 Å². The van der Waals surface area contributed by atoms with Gasteiger partial charge in [0.1, 0.15) is 5.82 Å². The van der Waals surface area contributed by atoms with Gasteiger partial charge in [0.15, 0.2) is 0 Å². The van der Waals surface area contributed by atoms with Crippen molar-refractivity contribution in [1.82, 2.24) is 10.3 Å². The van der Waals surface area contributed by atoms with Crippen molar-refractivity contribution in [3.63, 3.8) is 0 Å². The number of carbonyl (C=O) groups is 1. The van der Waals surface area contributed by atoms with E-state index in [1.54, 1.807) is 13.1 Å². The topological polar surface area (TPSA) is 63.2 Å². The Hall–Kier alpha value is -1.33. The fourth-order valence-corrected chi connectivity index (χ4v) is 2.91. The lowest BCUT2D eigenvalue weighted by molar-refractivity contribution is 0.0729. The predicted octanol–water partition coefficient (Wildman–Crippen LogP) is 2.07. The average Bonchev–Trinajstić information content (AvgIpc) is 3.19. The first-order chi connectivity index (χ1) is 9.69. The van der Waals surface area contributed by atoms with Crippen LogP contribution in [0.1, 0.15) is 29.6 Å². The fourth-order valence-electron chi connectivity index (χ4n) is 2.65. The molecule has 3 rings (SSSR count). The quantitative estimate of drug-likeness (QED) is 0.893. The number of nitrogens with zero attached hydrogens (tertiary/aromatic N) is 1. The summed E-state index contributed by atoms with van der Waals surface area (Å²) in [4.78, 5) is 16.4. The molecule has 1 aliphatic heterocycles. The highest BCUT2D eigenvalue weighted by molar-refractivity contribution is 6.33. The number of anilines is 1. The minimum absolute atomic E-state index is 0.109. The largest absolute Gasteiger partial charge is 0.376 e. The lowest BCUT2D eigenvalue weighted by atomic mass is 10.1. The molecular formula is C14H18ClN3O2. The number of hydrogen-bond acceptors (Lipinski definition) is 4. The van der Waals surface area contributed by atoms with Crippen molar-refractivity contribution in [3.8, 4) is 0 Å². The first-order valence-electron chi connectivity index (χ1n) is 6.95. The smallest absolute Gasteiger partial charge is 0.253 e. The van der Waals surface area contributed by atoms with Crippen LogP contribution in [0.2, 0.25) is 5.02 Å². The van der Waals surface area contributed by atoms with Crippen LogP contribution in [0.25, 0.3) is 0 Å².